The van der Waals surface area contributed by atoms with Crippen LogP contribution in [0, 0.1) is 6.92 Å². The third-order valence-corrected chi connectivity index (χ3v) is 3.67. The zero-order chi connectivity index (χ0) is 14.7. The lowest BCUT2D eigenvalue weighted by Gasteiger charge is -2.00. The molecule has 0 aliphatic rings. The molecule has 0 fully saturated rings. The molecule has 0 aliphatic carbocycles. The molecule has 1 aromatic carbocycles. The van der Waals surface area contributed by atoms with E-state index in [1.165, 1.54) is 11.3 Å². The van der Waals surface area contributed by atoms with Gasteiger partial charge in [0.25, 0.3) is 5.91 Å². The molecule has 3 rings (SSSR count). The predicted molar refractivity (Wildman–Crippen MR) is 82.3 cm³/mol. The lowest BCUT2D eigenvalue weighted by molar-refractivity contribution is 0.102. The fourth-order valence-corrected chi connectivity index (χ4v) is 2.55. The van der Waals surface area contributed by atoms with Gasteiger partial charge in [-0.05, 0) is 19.1 Å². The van der Waals surface area contributed by atoms with Crippen LogP contribution in [-0.4, -0.2) is 21.1 Å². The Bertz CT molecular complexity index is 770. The normalized spacial score (nSPS) is 10.3. The first kappa shape index (κ1) is 13.4. The highest BCUT2D eigenvalue weighted by atomic mass is 32.1. The summed E-state index contributed by atoms with van der Waals surface area (Å²) in [4.78, 5) is 16.3. The van der Waals surface area contributed by atoms with E-state index in [2.05, 4.69) is 20.5 Å². The molecule has 0 radical (unpaired) electrons. The largest absolute Gasteiger partial charge is 0.295 e. The molecule has 0 spiro atoms. The number of carbonyl (C=O) groups excluding carboxylic acids is 1. The molecule has 2 heterocycles. The van der Waals surface area contributed by atoms with Crippen molar-refractivity contribution < 1.29 is 4.79 Å². The number of hydrogen-bond acceptors (Lipinski definition) is 5. The van der Waals surface area contributed by atoms with Crippen molar-refractivity contribution in [1.82, 2.24) is 15.2 Å². The lowest BCUT2D eigenvalue weighted by Crippen LogP contribution is -2.13. The Morgan fingerprint density at radius 3 is 2.62 bits per heavy atom. The fourth-order valence-electron chi connectivity index (χ4n) is 1.80. The van der Waals surface area contributed by atoms with E-state index < -0.39 is 0 Å². The number of hydrogen-bond donors (Lipinski definition) is 1. The van der Waals surface area contributed by atoms with E-state index in [0.717, 1.165) is 16.3 Å². The van der Waals surface area contributed by atoms with Crippen LogP contribution in [0.2, 0.25) is 0 Å². The van der Waals surface area contributed by atoms with E-state index in [1.54, 1.807) is 12.1 Å². The van der Waals surface area contributed by atoms with Crippen molar-refractivity contribution >= 4 is 22.4 Å². The van der Waals surface area contributed by atoms with Gasteiger partial charge in [-0.1, -0.05) is 47.7 Å². The summed E-state index contributed by atoms with van der Waals surface area (Å²) in [5.41, 5.74) is 2.14. The molecule has 1 N–H and O–H groups in total. The molecule has 5 nitrogen and oxygen atoms in total. The van der Waals surface area contributed by atoms with Gasteiger partial charge in [0.15, 0.2) is 0 Å². The fraction of sp³-hybridized carbons (Fsp3) is 0.0667. The zero-order valence-electron chi connectivity index (χ0n) is 11.3. The predicted octanol–water partition coefficient (Wildman–Crippen LogP) is 3.16. The van der Waals surface area contributed by atoms with Crippen molar-refractivity contribution in [1.29, 1.82) is 0 Å². The number of amides is 1. The second-order valence-electron chi connectivity index (χ2n) is 4.40. The smallest absolute Gasteiger partial charge is 0.276 e. The number of rotatable bonds is 3. The maximum Gasteiger partial charge on any atom is 0.276 e. The Morgan fingerprint density at radius 2 is 1.86 bits per heavy atom. The van der Waals surface area contributed by atoms with Gasteiger partial charge >= 0.3 is 0 Å². The number of anilines is 1. The minimum atomic E-state index is -0.283. The molecule has 0 bridgehead atoms. The third-order valence-electron chi connectivity index (χ3n) is 2.79. The van der Waals surface area contributed by atoms with Gasteiger partial charge in [0.05, 0.1) is 0 Å². The molecule has 6 heteroatoms. The summed E-state index contributed by atoms with van der Waals surface area (Å²) in [5, 5.41) is 12.0. The average Bonchev–Trinajstić information content (AvgIpc) is 2.97. The monoisotopic (exact) mass is 296 g/mol. The van der Waals surface area contributed by atoms with Crippen LogP contribution in [0.5, 0.6) is 0 Å². The van der Waals surface area contributed by atoms with Gasteiger partial charge in [-0.15, -0.1) is 10.2 Å². The van der Waals surface area contributed by atoms with E-state index in [-0.39, 0.29) is 5.91 Å². The molecule has 0 aliphatic heterocycles. The van der Waals surface area contributed by atoms with Crippen LogP contribution >= 0.6 is 11.3 Å². The van der Waals surface area contributed by atoms with E-state index in [4.69, 9.17) is 0 Å². The second-order valence-corrected chi connectivity index (χ2v) is 5.37. The van der Waals surface area contributed by atoms with Crippen LogP contribution in [0.3, 0.4) is 0 Å². The Hall–Kier alpha value is -2.60. The number of carbonyl (C=O) groups is 1. The topological polar surface area (TPSA) is 67.8 Å². The zero-order valence-corrected chi connectivity index (χ0v) is 12.1. The van der Waals surface area contributed by atoms with Crippen LogP contribution in [0.25, 0.3) is 10.6 Å². The molecule has 21 heavy (non-hydrogen) atoms. The first-order valence-corrected chi connectivity index (χ1v) is 7.18. The SMILES string of the molecule is Cc1cccc(C(=O)Nc2nnc(-c3ccccc3)s2)n1. The summed E-state index contributed by atoms with van der Waals surface area (Å²) in [6, 6.07) is 15.0. The van der Waals surface area contributed by atoms with Gasteiger partial charge in [0, 0.05) is 11.3 Å². The van der Waals surface area contributed by atoms with Crippen molar-refractivity contribution in [2.45, 2.75) is 6.92 Å². The van der Waals surface area contributed by atoms with E-state index in [9.17, 15) is 4.79 Å². The molecule has 0 saturated carbocycles. The van der Waals surface area contributed by atoms with E-state index in [0.29, 0.717) is 10.8 Å². The third kappa shape index (κ3) is 3.11. The van der Waals surface area contributed by atoms with Crippen LogP contribution in [0.1, 0.15) is 16.2 Å². The summed E-state index contributed by atoms with van der Waals surface area (Å²) >= 11 is 1.33. The molecule has 0 atom stereocenters. The number of nitrogens with one attached hydrogen (secondary N) is 1. The summed E-state index contributed by atoms with van der Waals surface area (Å²) in [6.07, 6.45) is 0. The Kier molecular flexibility index (Phi) is 3.70. The summed E-state index contributed by atoms with van der Waals surface area (Å²) in [7, 11) is 0. The molecule has 104 valence electrons. The van der Waals surface area contributed by atoms with E-state index in [1.807, 2.05) is 43.3 Å². The molecular formula is C15H12N4OS. The van der Waals surface area contributed by atoms with Gasteiger partial charge in [-0.25, -0.2) is 4.98 Å². The van der Waals surface area contributed by atoms with Gasteiger partial charge in [0.2, 0.25) is 5.13 Å². The van der Waals surface area contributed by atoms with E-state index >= 15 is 0 Å². The number of pyridine rings is 1. The van der Waals surface area contributed by atoms with Crippen molar-refractivity contribution in [3.05, 3.63) is 59.9 Å². The number of aromatic nitrogens is 3. The summed E-state index contributed by atoms with van der Waals surface area (Å²) in [6.45, 7) is 1.84. The van der Waals surface area contributed by atoms with Crippen molar-refractivity contribution in [3.63, 3.8) is 0 Å². The second kappa shape index (κ2) is 5.80. The molecule has 0 unspecified atom stereocenters. The molecule has 1 amide bonds. The highest BCUT2D eigenvalue weighted by molar-refractivity contribution is 7.18. The highest BCUT2D eigenvalue weighted by Gasteiger charge is 2.12. The van der Waals surface area contributed by atoms with Gasteiger partial charge in [0.1, 0.15) is 10.7 Å². The summed E-state index contributed by atoms with van der Waals surface area (Å²) in [5.74, 6) is -0.283. The van der Waals surface area contributed by atoms with Crippen molar-refractivity contribution in [2.75, 3.05) is 5.32 Å². The van der Waals surface area contributed by atoms with Crippen LogP contribution in [0.15, 0.2) is 48.5 Å². The van der Waals surface area contributed by atoms with Gasteiger partial charge < -0.3 is 0 Å². The van der Waals surface area contributed by atoms with Crippen LogP contribution < -0.4 is 5.32 Å². The minimum absolute atomic E-state index is 0.283. The van der Waals surface area contributed by atoms with Gasteiger partial charge in [-0.2, -0.15) is 0 Å². The maximum atomic E-state index is 12.1. The van der Waals surface area contributed by atoms with Crippen LogP contribution in [0.4, 0.5) is 5.13 Å². The molecule has 3 aromatic rings. The number of aryl methyl sites for hydroxylation is 1. The lowest BCUT2D eigenvalue weighted by atomic mass is 10.2. The Morgan fingerprint density at radius 1 is 1.05 bits per heavy atom. The first-order valence-electron chi connectivity index (χ1n) is 6.36. The minimum Gasteiger partial charge on any atom is -0.295 e. The van der Waals surface area contributed by atoms with Crippen LogP contribution in [-0.2, 0) is 0 Å². The highest BCUT2D eigenvalue weighted by Crippen LogP contribution is 2.26. The van der Waals surface area contributed by atoms with Crippen molar-refractivity contribution in [2.24, 2.45) is 0 Å². The molecule has 0 saturated heterocycles. The van der Waals surface area contributed by atoms with Crippen molar-refractivity contribution in [3.8, 4) is 10.6 Å². The average molecular weight is 296 g/mol. The summed E-state index contributed by atoms with van der Waals surface area (Å²) < 4.78 is 0. The quantitative estimate of drug-likeness (QED) is 0.806. The molecular weight excluding hydrogens is 284 g/mol. The number of nitrogens with zero attached hydrogens (tertiary/aromatic N) is 3. The first-order chi connectivity index (χ1) is 10.2. The molecule has 2 aromatic heterocycles. The Labute approximate surface area is 125 Å². The number of benzene rings is 1. The standard InChI is InChI=1S/C15H12N4OS/c1-10-6-5-9-12(16-10)13(20)17-15-19-18-14(21-15)11-7-3-2-4-8-11/h2-9H,1H3,(H,17,19,20). The Balaban J connectivity index is 1.77. The van der Waals surface area contributed by atoms with Gasteiger partial charge in [-0.3, -0.25) is 10.1 Å². The maximum absolute atomic E-state index is 12.1.